The van der Waals surface area contributed by atoms with E-state index in [1.165, 1.54) is 18.9 Å². The molecule has 0 heterocycles. The van der Waals surface area contributed by atoms with Crippen molar-refractivity contribution in [2.24, 2.45) is 5.92 Å². The third-order valence-corrected chi connectivity index (χ3v) is 3.53. The Morgan fingerprint density at radius 2 is 2.26 bits per heavy atom. The maximum atomic E-state index is 10.8. The van der Waals surface area contributed by atoms with Gasteiger partial charge in [0.05, 0.1) is 22.9 Å². The second-order valence-electron chi connectivity index (χ2n) is 4.91. The van der Waals surface area contributed by atoms with E-state index in [4.69, 9.17) is 21.4 Å². The number of rotatable bonds is 7. The van der Waals surface area contributed by atoms with E-state index < -0.39 is 5.97 Å². The van der Waals surface area contributed by atoms with Crippen molar-refractivity contribution in [2.75, 3.05) is 31.7 Å². The number of anilines is 1. The fourth-order valence-electron chi connectivity index (χ4n) is 1.81. The SMILES string of the molecule is CN(CCOCC1CC1)c1ccc(C(=O)O)cc1Cl. The second-order valence-corrected chi connectivity index (χ2v) is 5.32. The maximum Gasteiger partial charge on any atom is 0.335 e. The van der Waals surface area contributed by atoms with E-state index >= 15 is 0 Å². The van der Waals surface area contributed by atoms with E-state index in [2.05, 4.69) is 0 Å². The lowest BCUT2D eigenvalue weighted by atomic mass is 10.2. The quantitative estimate of drug-likeness (QED) is 0.782. The molecule has 4 nitrogen and oxygen atoms in total. The summed E-state index contributed by atoms with van der Waals surface area (Å²) in [6.07, 6.45) is 2.58. The van der Waals surface area contributed by atoms with Gasteiger partial charge in [-0.1, -0.05) is 11.6 Å². The minimum atomic E-state index is -0.969. The molecule has 104 valence electrons. The van der Waals surface area contributed by atoms with Gasteiger partial charge < -0.3 is 14.7 Å². The molecule has 0 atom stereocenters. The van der Waals surface area contributed by atoms with Crippen LogP contribution in [0.15, 0.2) is 18.2 Å². The zero-order valence-corrected chi connectivity index (χ0v) is 11.7. The van der Waals surface area contributed by atoms with Crippen molar-refractivity contribution in [1.82, 2.24) is 0 Å². The van der Waals surface area contributed by atoms with Crippen LogP contribution in [0.2, 0.25) is 5.02 Å². The molecule has 2 rings (SSSR count). The average Bonchev–Trinajstić information content (AvgIpc) is 3.18. The molecular weight excluding hydrogens is 266 g/mol. The van der Waals surface area contributed by atoms with Crippen LogP contribution in [0.4, 0.5) is 5.69 Å². The topological polar surface area (TPSA) is 49.8 Å². The third-order valence-electron chi connectivity index (χ3n) is 3.23. The van der Waals surface area contributed by atoms with Gasteiger partial charge in [0.1, 0.15) is 0 Å². The standard InChI is InChI=1S/C14H18ClNO3/c1-16(6-7-19-9-10-2-3-10)13-5-4-11(14(17)18)8-12(13)15/h4-5,8,10H,2-3,6-7,9H2,1H3,(H,17,18). The molecule has 5 heteroatoms. The first kappa shape index (κ1) is 14.2. The molecule has 0 aromatic heterocycles. The molecule has 1 N–H and O–H groups in total. The van der Waals surface area contributed by atoms with Gasteiger partial charge >= 0.3 is 5.97 Å². The third kappa shape index (κ3) is 4.11. The molecule has 0 radical (unpaired) electrons. The number of nitrogens with zero attached hydrogens (tertiary/aromatic N) is 1. The van der Waals surface area contributed by atoms with Crippen LogP contribution in [-0.2, 0) is 4.74 Å². The highest BCUT2D eigenvalue weighted by Gasteiger charge is 2.21. The van der Waals surface area contributed by atoms with Crippen LogP contribution in [0.25, 0.3) is 0 Å². The molecular formula is C14H18ClNO3. The minimum Gasteiger partial charge on any atom is -0.478 e. The highest BCUT2D eigenvalue weighted by molar-refractivity contribution is 6.33. The zero-order chi connectivity index (χ0) is 13.8. The molecule has 1 fully saturated rings. The average molecular weight is 284 g/mol. The summed E-state index contributed by atoms with van der Waals surface area (Å²) in [6.45, 7) is 2.24. The van der Waals surface area contributed by atoms with Gasteiger partial charge in [-0.25, -0.2) is 4.79 Å². The Hall–Kier alpha value is -1.26. The smallest absolute Gasteiger partial charge is 0.335 e. The van der Waals surface area contributed by atoms with Crippen LogP contribution in [0.3, 0.4) is 0 Å². The Morgan fingerprint density at radius 1 is 1.53 bits per heavy atom. The summed E-state index contributed by atoms with van der Waals surface area (Å²) in [4.78, 5) is 12.8. The van der Waals surface area contributed by atoms with Crippen molar-refractivity contribution in [3.63, 3.8) is 0 Å². The maximum absolute atomic E-state index is 10.8. The van der Waals surface area contributed by atoms with Crippen LogP contribution in [0.5, 0.6) is 0 Å². The van der Waals surface area contributed by atoms with E-state index in [-0.39, 0.29) is 5.56 Å². The Labute approximate surface area is 117 Å². The summed E-state index contributed by atoms with van der Waals surface area (Å²) in [5, 5.41) is 9.33. The first-order chi connectivity index (χ1) is 9.08. The van der Waals surface area contributed by atoms with Crippen LogP contribution in [0.1, 0.15) is 23.2 Å². The van der Waals surface area contributed by atoms with Crippen molar-refractivity contribution in [2.45, 2.75) is 12.8 Å². The Morgan fingerprint density at radius 3 is 2.84 bits per heavy atom. The van der Waals surface area contributed by atoms with Gasteiger partial charge in [-0.3, -0.25) is 0 Å². The summed E-state index contributed by atoms with van der Waals surface area (Å²) < 4.78 is 5.57. The van der Waals surface area contributed by atoms with Crippen LogP contribution in [-0.4, -0.2) is 37.9 Å². The highest BCUT2D eigenvalue weighted by atomic mass is 35.5. The first-order valence-electron chi connectivity index (χ1n) is 6.39. The van der Waals surface area contributed by atoms with Gasteiger partial charge in [-0.2, -0.15) is 0 Å². The second kappa shape index (κ2) is 6.26. The largest absolute Gasteiger partial charge is 0.478 e. The van der Waals surface area contributed by atoms with Gasteiger partial charge in [-0.15, -0.1) is 0 Å². The lowest BCUT2D eigenvalue weighted by Gasteiger charge is -2.20. The lowest BCUT2D eigenvalue weighted by Crippen LogP contribution is -2.23. The van der Waals surface area contributed by atoms with Gasteiger partial charge in [-0.05, 0) is 37.0 Å². The van der Waals surface area contributed by atoms with Gasteiger partial charge in [0, 0.05) is 20.2 Å². The number of benzene rings is 1. The van der Waals surface area contributed by atoms with Gasteiger partial charge in [0.15, 0.2) is 0 Å². The molecule has 1 aromatic carbocycles. The molecule has 19 heavy (non-hydrogen) atoms. The van der Waals surface area contributed by atoms with Crippen molar-refractivity contribution in [3.05, 3.63) is 28.8 Å². The lowest BCUT2D eigenvalue weighted by molar-refractivity contribution is 0.0697. The van der Waals surface area contributed by atoms with Gasteiger partial charge in [0.2, 0.25) is 0 Å². The summed E-state index contributed by atoms with van der Waals surface area (Å²) in [6, 6.07) is 4.76. The number of carboxylic acid groups (broad SMARTS) is 1. The summed E-state index contributed by atoms with van der Waals surface area (Å²) in [7, 11) is 1.92. The predicted octanol–water partition coefficient (Wildman–Crippen LogP) is 2.90. The first-order valence-corrected chi connectivity index (χ1v) is 6.77. The Balaban J connectivity index is 1.86. The van der Waals surface area contributed by atoms with Crippen molar-refractivity contribution >= 4 is 23.3 Å². The number of ether oxygens (including phenoxy) is 1. The van der Waals surface area contributed by atoms with Crippen LogP contribution < -0.4 is 4.90 Å². The van der Waals surface area contributed by atoms with Crippen molar-refractivity contribution < 1.29 is 14.6 Å². The minimum absolute atomic E-state index is 0.201. The Kier molecular flexibility index (Phi) is 4.66. The highest BCUT2D eigenvalue weighted by Crippen LogP contribution is 2.29. The molecule has 1 aromatic rings. The molecule has 0 saturated heterocycles. The summed E-state index contributed by atoms with van der Waals surface area (Å²) in [5.74, 6) is -0.201. The summed E-state index contributed by atoms with van der Waals surface area (Å²) in [5.41, 5.74) is 1.02. The van der Waals surface area contributed by atoms with Gasteiger partial charge in [0.25, 0.3) is 0 Å². The number of halogens is 1. The molecule has 0 aliphatic heterocycles. The summed E-state index contributed by atoms with van der Waals surface area (Å²) >= 11 is 6.10. The van der Waals surface area contributed by atoms with E-state index in [1.807, 2.05) is 11.9 Å². The fourth-order valence-corrected chi connectivity index (χ4v) is 2.13. The normalized spacial score (nSPS) is 14.4. The van der Waals surface area contributed by atoms with E-state index in [9.17, 15) is 4.79 Å². The zero-order valence-electron chi connectivity index (χ0n) is 10.9. The number of carboxylic acids is 1. The molecule has 0 spiro atoms. The molecule has 0 unspecified atom stereocenters. The van der Waals surface area contributed by atoms with Crippen LogP contribution in [0, 0.1) is 5.92 Å². The number of carbonyl (C=O) groups is 1. The predicted molar refractivity (Wildman–Crippen MR) is 75.2 cm³/mol. The van der Waals surface area contributed by atoms with E-state index in [1.54, 1.807) is 12.1 Å². The van der Waals surface area contributed by atoms with Crippen molar-refractivity contribution in [1.29, 1.82) is 0 Å². The van der Waals surface area contributed by atoms with Crippen LogP contribution >= 0.6 is 11.6 Å². The number of aromatic carboxylic acids is 1. The molecule has 1 saturated carbocycles. The van der Waals surface area contributed by atoms with E-state index in [0.717, 1.165) is 24.8 Å². The molecule has 0 amide bonds. The van der Waals surface area contributed by atoms with Crippen molar-refractivity contribution in [3.8, 4) is 0 Å². The molecule has 1 aliphatic rings. The molecule has 0 bridgehead atoms. The number of likely N-dealkylation sites (N-methyl/N-ethyl adjacent to an activating group) is 1. The monoisotopic (exact) mass is 283 g/mol. The fraction of sp³-hybridized carbons (Fsp3) is 0.500. The Bertz CT molecular complexity index is 460. The number of hydrogen-bond acceptors (Lipinski definition) is 3. The molecule has 1 aliphatic carbocycles. The number of hydrogen-bond donors (Lipinski definition) is 1. The van der Waals surface area contributed by atoms with E-state index in [0.29, 0.717) is 11.6 Å².